The zero-order chi connectivity index (χ0) is 11.3. The minimum Gasteiger partial charge on any atom is -0.0622 e. The first kappa shape index (κ1) is 12.6. The summed E-state index contributed by atoms with van der Waals surface area (Å²) < 4.78 is 0. The third kappa shape index (κ3) is 4.29. The molecule has 0 heterocycles. The van der Waals surface area contributed by atoms with Gasteiger partial charge in [0.1, 0.15) is 16.3 Å². The van der Waals surface area contributed by atoms with Crippen molar-refractivity contribution in [1.29, 1.82) is 0 Å². The van der Waals surface area contributed by atoms with Crippen LogP contribution in [0, 0.1) is 0 Å². The van der Waals surface area contributed by atoms with Crippen molar-refractivity contribution in [2.24, 2.45) is 0 Å². The van der Waals surface area contributed by atoms with E-state index in [9.17, 15) is 0 Å². The SMILES string of the molecule is CC(C)[S+](CCc1ccccc1)C(C)C. The van der Waals surface area contributed by atoms with Crippen LogP contribution in [0.1, 0.15) is 33.3 Å². The minimum absolute atomic E-state index is 0.572. The molecule has 0 nitrogen and oxygen atoms in total. The van der Waals surface area contributed by atoms with Crippen LogP contribution in [0.3, 0.4) is 0 Å². The summed E-state index contributed by atoms with van der Waals surface area (Å²) in [4.78, 5) is 0. The molecule has 0 saturated carbocycles. The van der Waals surface area contributed by atoms with E-state index in [4.69, 9.17) is 0 Å². The molecule has 1 aromatic rings. The number of hydrogen-bond acceptors (Lipinski definition) is 0. The first-order valence-corrected chi connectivity index (χ1v) is 7.35. The topological polar surface area (TPSA) is 0 Å². The maximum Gasteiger partial charge on any atom is 0.112 e. The Labute approximate surface area is 97.4 Å². The van der Waals surface area contributed by atoms with Crippen LogP contribution >= 0.6 is 0 Å². The first-order valence-electron chi connectivity index (χ1n) is 5.83. The van der Waals surface area contributed by atoms with Gasteiger partial charge in [0.25, 0.3) is 0 Å². The number of benzene rings is 1. The lowest BCUT2D eigenvalue weighted by molar-refractivity contribution is 0.998. The second-order valence-corrected chi connectivity index (χ2v) is 7.74. The molecule has 1 rings (SSSR count). The van der Waals surface area contributed by atoms with Gasteiger partial charge < -0.3 is 0 Å². The molecule has 0 aliphatic rings. The van der Waals surface area contributed by atoms with Crippen molar-refractivity contribution in [3.05, 3.63) is 35.9 Å². The van der Waals surface area contributed by atoms with Crippen LogP contribution in [0.15, 0.2) is 30.3 Å². The molecule has 0 aliphatic carbocycles. The summed E-state index contributed by atoms with van der Waals surface area (Å²) >= 11 is 0. The lowest BCUT2D eigenvalue weighted by Crippen LogP contribution is -2.28. The van der Waals surface area contributed by atoms with Crippen LogP contribution in [-0.4, -0.2) is 16.3 Å². The van der Waals surface area contributed by atoms with Crippen molar-refractivity contribution in [1.82, 2.24) is 0 Å². The first-order chi connectivity index (χ1) is 7.11. The van der Waals surface area contributed by atoms with E-state index in [0.29, 0.717) is 10.9 Å². The normalized spacial score (nSPS) is 11.7. The Morgan fingerprint density at radius 2 is 1.47 bits per heavy atom. The van der Waals surface area contributed by atoms with E-state index < -0.39 is 0 Å². The van der Waals surface area contributed by atoms with Crippen molar-refractivity contribution < 1.29 is 0 Å². The van der Waals surface area contributed by atoms with Gasteiger partial charge in [-0.3, -0.25) is 0 Å². The zero-order valence-corrected chi connectivity index (χ0v) is 11.2. The molecule has 0 bridgehead atoms. The molecule has 0 N–H and O–H groups in total. The maximum atomic E-state index is 2.36. The minimum atomic E-state index is 0.572. The highest BCUT2D eigenvalue weighted by molar-refractivity contribution is 7.97. The molecule has 0 atom stereocenters. The molecule has 0 aliphatic heterocycles. The van der Waals surface area contributed by atoms with Crippen molar-refractivity contribution in [3.63, 3.8) is 0 Å². The van der Waals surface area contributed by atoms with E-state index in [-0.39, 0.29) is 0 Å². The molecule has 1 heteroatoms. The average Bonchev–Trinajstić information content (AvgIpc) is 2.18. The molecule has 0 radical (unpaired) electrons. The van der Waals surface area contributed by atoms with Crippen molar-refractivity contribution >= 4 is 10.9 Å². The molecule has 1 aromatic carbocycles. The summed E-state index contributed by atoms with van der Waals surface area (Å²) in [5.41, 5.74) is 1.48. The van der Waals surface area contributed by atoms with Crippen LogP contribution in [0.25, 0.3) is 0 Å². The van der Waals surface area contributed by atoms with E-state index in [1.807, 2.05) is 0 Å². The van der Waals surface area contributed by atoms with E-state index in [1.54, 1.807) is 0 Å². The Kier molecular flexibility index (Phi) is 5.24. The van der Waals surface area contributed by atoms with Crippen LogP contribution in [0.5, 0.6) is 0 Å². The van der Waals surface area contributed by atoms with Crippen LogP contribution in [0.4, 0.5) is 0 Å². The average molecular weight is 223 g/mol. The lowest BCUT2D eigenvalue weighted by atomic mass is 10.2. The monoisotopic (exact) mass is 223 g/mol. The summed E-state index contributed by atoms with van der Waals surface area (Å²) in [6.45, 7) is 9.42. The molecule has 0 fully saturated rings. The zero-order valence-electron chi connectivity index (χ0n) is 10.4. The van der Waals surface area contributed by atoms with Gasteiger partial charge in [-0.05, 0) is 44.2 Å². The third-order valence-electron chi connectivity index (χ3n) is 2.68. The Hall–Kier alpha value is -0.430. The van der Waals surface area contributed by atoms with Crippen molar-refractivity contribution in [2.75, 3.05) is 5.75 Å². The van der Waals surface area contributed by atoms with Crippen molar-refractivity contribution in [3.8, 4) is 0 Å². The van der Waals surface area contributed by atoms with Gasteiger partial charge in [0, 0.05) is 6.42 Å². The van der Waals surface area contributed by atoms with Gasteiger partial charge >= 0.3 is 0 Å². The fourth-order valence-electron chi connectivity index (χ4n) is 1.90. The predicted molar refractivity (Wildman–Crippen MR) is 72.7 cm³/mol. The fourth-order valence-corrected chi connectivity index (χ4v) is 4.40. The van der Waals surface area contributed by atoms with Gasteiger partial charge in [-0.2, -0.15) is 0 Å². The molecule has 15 heavy (non-hydrogen) atoms. The Morgan fingerprint density at radius 1 is 0.933 bits per heavy atom. The standard InChI is InChI=1S/C14H23S/c1-12(2)15(13(3)4)11-10-14-8-6-5-7-9-14/h5-9,12-13H,10-11H2,1-4H3/q+1. The van der Waals surface area contributed by atoms with Gasteiger partial charge in [0.2, 0.25) is 0 Å². The quantitative estimate of drug-likeness (QED) is 0.668. The second kappa shape index (κ2) is 6.22. The van der Waals surface area contributed by atoms with Gasteiger partial charge in [-0.1, -0.05) is 30.3 Å². The number of hydrogen-bond donors (Lipinski definition) is 0. The molecule has 0 unspecified atom stereocenters. The van der Waals surface area contributed by atoms with E-state index in [1.165, 1.54) is 17.7 Å². The molecule has 0 amide bonds. The number of aryl methyl sites for hydroxylation is 1. The summed E-state index contributed by atoms with van der Waals surface area (Å²) in [6, 6.07) is 10.8. The highest BCUT2D eigenvalue weighted by Gasteiger charge is 2.25. The summed E-state index contributed by atoms with van der Waals surface area (Å²) in [7, 11) is 0.572. The van der Waals surface area contributed by atoms with Gasteiger partial charge in [0.05, 0.1) is 0 Å². The summed E-state index contributed by atoms with van der Waals surface area (Å²) in [6.07, 6.45) is 1.24. The van der Waals surface area contributed by atoms with Crippen LogP contribution in [0.2, 0.25) is 0 Å². The van der Waals surface area contributed by atoms with Crippen LogP contribution < -0.4 is 0 Å². The van der Waals surface area contributed by atoms with Gasteiger partial charge in [-0.25, -0.2) is 0 Å². The maximum absolute atomic E-state index is 2.36. The molecular formula is C14H23S+. The number of rotatable bonds is 5. The van der Waals surface area contributed by atoms with E-state index in [2.05, 4.69) is 58.0 Å². The summed E-state index contributed by atoms with van der Waals surface area (Å²) in [5.74, 6) is 1.35. The van der Waals surface area contributed by atoms with E-state index in [0.717, 1.165) is 10.5 Å². The Morgan fingerprint density at radius 3 is 1.93 bits per heavy atom. The van der Waals surface area contributed by atoms with Gasteiger partial charge in [-0.15, -0.1) is 0 Å². The second-order valence-electron chi connectivity index (χ2n) is 4.51. The van der Waals surface area contributed by atoms with Crippen LogP contribution in [-0.2, 0) is 17.3 Å². The smallest absolute Gasteiger partial charge is 0.0622 e. The highest BCUT2D eigenvalue weighted by atomic mass is 32.2. The Balaban J connectivity index is 2.47. The molecule has 0 saturated heterocycles. The molecular weight excluding hydrogens is 200 g/mol. The third-order valence-corrected chi connectivity index (χ3v) is 5.78. The molecule has 0 aromatic heterocycles. The fraction of sp³-hybridized carbons (Fsp3) is 0.571. The Bertz CT molecular complexity index is 256. The summed E-state index contributed by atoms with van der Waals surface area (Å²) in [5, 5.41) is 1.66. The lowest BCUT2D eigenvalue weighted by Gasteiger charge is -2.15. The highest BCUT2D eigenvalue weighted by Crippen LogP contribution is 2.14. The largest absolute Gasteiger partial charge is 0.112 e. The molecule has 0 spiro atoms. The predicted octanol–water partition coefficient (Wildman–Crippen LogP) is 3.66. The van der Waals surface area contributed by atoms with Gasteiger partial charge in [0.15, 0.2) is 0 Å². The molecule has 84 valence electrons. The van der Waals surface area contributed by atoms with E-state index >= 15 is 0 Å². The van der Waals surface area contributed by atoms with Crippen molar-refractivity contribution in [2.45, 2.75) is 44.6 Å².